The molecule has 2 rings (SSSR count). The van der Waals surface area contributed by atoms with E-state index in [1.807, 2.05) is 16.8 Å². The molecule has 100 valence electrons. The number of benzene rings is 1. The Bertz CT molecular complexity index is 679. The first-order chi connectivity index (χ1) is 8.97. The fourth-order valence-corrected chi connectivity index (χ4v) is 2.95. The molecule has 0 radical (unpaired) electrons. The Hall–Kier alpha value is -1.70. The van der Waals surface area contributed by atoms with Gasteiger partial charge in [-0.05, 0) is 34.5 Å². The van der Waals surface area contributed by atoms with Crippen LogP contribution in [0.2, 0.25) is 0 Å². The number of thiophene rings is 1. The number of sulfonamides is 1. The fourth-order valence-electron chi connectivity index (χ4n) is 1.59. The first-order valence-electron chi connectivity index (χ1n) is 5.39. The molecule has 1 heterocycles. The highest BCUT2D eigenvalue weighted by Gasteiger charge is 2.15. The smallest absolute Gasteiger partial charge is 0.240 e. The van der Waals surface area contributed by atoms with Gasteiger partial charge in [0.25, 0.3) is 0 Å². The molecule has 0 unspecified atom stereocenters. The van der Waals surface area contributed by atoms with Crippen LogP contribution in [0.3, 0.4) is 0 Å². The van der Waals surface area contributed by atoms with Crippen molar-refractivity contribution < 1.29 is 13.2 Å². The molecule has 0 aliphatic carbocycles. The number of hydrogen-bond donors (Lipinski definition) is 2. The summed E-state index contributed by atoms with van der Waals surface area (Å²) < 4.78 is 22.8. The Kier molecular flexibility index (Phi) is 3.98. The van der Waals surface area contributed by atoms with Crippen LogP contribution in [0.5, 0.6) is 0 Å². The number of para-hydroxylation sites is 1. The summed E-state index contributed by atoms with van der Waals surface area (Å²) in [4.78, 5) is 11.7. The summed E-state index contributed by atoms with van der Waals surface area (Å²) in [7, 11) is -3.85. The highest BCUT2D eigenvalue weighted by Crippen LogP contribution is 2.19. The third-order valence-corrected chi connectivity index (χ3v) is 4.11. The molecule has 0 atom stereocenters. The topological polar surface area (TPSA) is 89.3 Å². The molecular formula is C12H12N2O3S2. The van der Waals surface area contributed by atoms with Crippen LogP contribution in [-0.4, -0.2) is 14.3 Å². The predicted molar refractivity (Wildman–Crippen MR) is 74.5 cm³/mol. The zero-order valence-electron chi connectivity index (χ0n) is 9.87. The Morgan fingerprint density at radius 2 is 2.00 bits per heavy atom. The van der Waals surface area contributed by atoms with Gasteiger partial charge in [-0.15, -0.1) is 0 Å². The van der Waals surface area contributed by atoms with Crippen LogP contribution >= 0.6 is 11.3 Å². The third-order valence-electron chi connectivity index (χ3n) is 2.41. The number of rotatable bonds is 4. The zero-order chi connectivity index (χ0) is 13.9. The summed E-state index contributed by atoms with van der Waals surface area (Å²) in [5.41, 5.74) is 1.08. The Morgan fingerprint density at radius 3 is 2.63 bits per heavy atom. The van der Waals surface area contributed by atoms with E-state index >= 15 is 0 Å². The number of carbonyl (C=O) groups is 1. The monoisotopic (exact) mass is 296 g/mol. The maximum atomic E-state index is 11.8. The lowest BCUT2D eigenvalue weighted by Gasteiger charge is -2.08. The Labute approximate surface area is 115 Å². The second kappa shape index (κ2) is 5.52. The van der Waals surface area contributed by atoms with E-state index in [0.717, 1.165) is 5.56 Å². The summed E-state index contributed by atoms with van der Waals surface area (Å²) in [6.07, 6.45) is 0.197. The molecule has 0 saturated heterocycles. The van der Waals surface area contributed by atoms with E-state index in [1.165, 1.54) is 23.5 Å². The van der Waals surface area contributed by atoms with Crippen LogP contribution in [0, 0.1) is 0 Å². The van der Waals surface area contributed by atoms with Gasteiger partial charge in [-0.2, -0.15) is 11.3 Å². The highest BCUT2D eigenvalue weighted by atomic mass is 32.2. The molecule has 0 aliphatic rings. The van der Waals surface area contributed by atoms with Crippen LogP contribution in [0.15, 0.2) is 46.0 Å². The number of hydrogen-bond acceptors (Lipinski definition) is 4. The molecule has 0 spiro atoms. The number of nitrogens with two attached hydrogens (primary N) is 1. The largest absolute Gasteiger partial charge is 0.325 e. The fraction of sp³-hybridized carbons (Fsp3) is 0.0833. The Balaban J connectivity index is 2.18. The van der Waals surface area contributed by atoms with Crippen molar-refractivity contribution in [3.05, 3.63) is 46.7 Å². The van der Waals surface area contributed by atoms with Crippen molar-refractivity contribution in [3.63, 3.8) is 0 Å². The van der Waals surface area contributed by atoms with Gasteiger partial charge in [0.15, 0.2) is 0 Å². The lowest BCUT2D eigenvalue weighted by atomic mass is 10.2. The number of anilines is 1. The summed E-state index contributed by atoms with van der Waals surface area (Å²) in [6.45, 7) is 0. The SMILES string of the molecule is NS(=O)(=O)c1ccccc1NC(=O)Cc1ccsc1. The van der Waals surface area contributed by atoms with Gasteiger partial charge in [0.05, 0.1) is 12.1 Å². The second-order valence-corrected chi connectivity index (χ2v) is 6.21. The quantitative estimate of drug-likeness (QED) is 0.897. The molecule has 19 heavy (non-hydrogen) atoms. The van der Waals surface area contributed by atoms with Gasteiger partial charge in [-0.3, -0.25) is 4.79 Å². The molecule has 1 aromatic heterocycles. The zero-order valence-corrected chi connectivity index (χ0v) is 11.5. The lowest BCUT2D eigenvalue weighted by Crippen LogP contribution is -2.19. The lowest BCUT2D eigenvalue weighted by molar-refractivity contribution is -0.115. The van der Waals surface area contributed by atoms with Crippen LogP contribution in [-0.2, 0) is 21.2 Å². The average molecular weight is 296 g/mol. The number of nitrogens with one attached hydrogen (secondary N) is 1. The van der Waals surface area contributed by atoms with Gasteiger partial charge in [-0.25, -0.2) is 13.6 Å². The van der Waals surface area contributed by atoms with Crippen molar-refractivity contribution >= 4 is 33.0 Å². The highest BCUT2D eigenvalue weighted by molar-refractivity contribution is 7.89. The van der Waals surface area contributed by atoms with Gasteiger partial charge >= 0.3 is 0 Å². The van der Waals surface area contributed by atoms with Gasteiger partial charge in [0.1, 0.15) is 4.90 Å². The van der Waals surface area contributed by atoms with E-state index < -0.39 is 10.0 Å². The summed E-state index contributed by atoms with van der Waals surface area (Å²) >= 11 is 1.50. The predicted octanol–water partition coefficient (Wildman–Crippen LogP) is 1.58. The Morgan fingerprint density at radius 1 is 1.26 bits per heavy atom. The van der Waals surface area contributed by atoms with Gasteiger partial charge in [-0.1, -0.05) is 12.1 Å². The third kappa shape index (κ3) is 3.63. The van der Waals surface area contributed by atoms with Crippen molar-refractivity contribution in [1.29, 1.82) is 0 Å². The first-order valence-corrected chi connectivity index (χ1v) is 7.88. The van der Waals surface area contributed by atoms with Crippen molar-refractivity contribution in [1.82, 2.24) is 0 Å². The normalized spacial score (nSPS) is 11.2. The number of primary sulfonamides is 1. The minimum Gasteiger partial charge on any atom is -0.325 e. The molecular weight excluding hydrogens is 284 g/mol. The van der Waals surface area contributed by atoms with Crippen LogP contribution in [0.1, 0.15) is 5.56 Å². The van der Waals surface area contributed by atoms with Crippen molar-refractivity contribution in [3.8, 4) is 0 Å². The van der Waals surface area contributed by atoms with Crippen LogP contribution in [0.25, 0.3) is 0 Å². The summed E-state index contributed by atoms with van der Waals surface area (Å²) in [6, 6.07) is 7.89. The van der Waals surface area contributed by atoms with Crippen molar-refractivity contribution in [2.24, 2.45) is 5.14 Å². The molecule has 5 nitrogen and oxygen atoms in total. The van der Waals surface area contributed by atoms with E-state index in [0.29, 0.717) is 0 Å². The standard InChI is InChI=1S/C12H12N2O3S2/c13-19(16,17)11-4-2-1-3-10(11)14-12(15)7-9-5-6-18-8-9/h1-6,8H,7H2,(H,14,15)(H2,13,16,17). The summed E-state index contributed by atoms with van der Waals surface area (Å²) in [5, 5.41) is 11.4. The molecule has 1 amide bonds. The van der Waals surface area contributed by atoms with Gasteiger partial charge in [0, 0.05) is 0 Å². The molecule has 0 bridgehead atoms. The molecule has 0 fully saturated rings. The van der Waals surface area contributed by atoms with Crippen molar-refractivity contribution in [2.75, 3.05) is 5.32 Å². The first kappa shape index (κ1) is 13.7. The maximum Gasteiger partial charge on any atom is 0.240 e. The molecule has 0 aliphatic heterocycles. The van der Waals surface area contributed by atoms with E-state index in [-0.39, 0.29) is 22.9 Å². The molecule has 0 saturated carbocycles. The number of carbonyl (C=O) groups excluding carboxylic acids is 1. The minimum absolute atomic E-state index is 0.0892. The van der Waals surface area contributed by atoms with E-state index in [4.69, 9.17) is 5.14 Å². The molecule has 2 aromatic rings. The molecule has 7 heteroatoms. The second-order valence-electron chi connectivity index (χ2n) is 3.90. The average Bonchev–Trinajstić information content (AvgIpc) is 2.81. The van der Waals surface area contributed by atoms with Crippen LogP contribution < -0.4 is 10.5 Å². The minimum atomic E-state index is -3.85. The van der Waals surface area contributed by atoms with Gasteiger partial charge < -0.3 is 5.32 Å². The molecule has 3 N–H and O–H groups in total. The van der Waals surface area contributed by atoms with Crippen LogP contribution in [0.4, 0.5) is 5.69 Å². The molecule has 1 aromatic carbocycles. The maximum absolute atomic E-state index is 11.8. The van der Waals surface area contributed by atoms with Crippen molar-refractivity contribution in [2.45, 2.75) is 11.3 Å². The summed E-state index contributed by atoms with van der Waals surface area (Å²) in [5.74, 6) is -0.283. The van der Waals surface area contributed by atoms with E-state index in [2.05, 4.69) is 5.32 Å². The van der Waals surface area contributed by atoms with E-state index in [9.17, 15) is 13.2 Å². The van der Waals surface area contributed by atoms with E-state index in [1.54, 1.807) is 12.1 Å². The van der Waals surface area contributed by atoms with Gasteiger partial charge in [0.2, 0.25) is 15.9 Å². The number of amides is 1.